The van der Waals surface area contributed by atoms with E-state index in [0.717, 1.165) is 11.8 Å². The molecular weight excluding hydrogens is 248 g/mol. The fourth-order valence-corrected chi connectivity index (χ4v) is 1.70. The number of nitrogens with zero attached hydrogens (tertiary/aromatic N) is 3. The second-order valence-corrected chi connectivity index (χ2v) is 3.99. The monoisotopic (exact) mass is 260 g/mol. The molecule has 1 aromatic carbocycles. The lowest BCUT2D eigenvalue weighted by molar-refractivity contribution is -0.385. The lowest BCUT2D eigenvalue weighted by Crippen LogP contribution is -2.23. The summed E-state index contributed by atoms with van der Waals surface area (Å²) in [6, 6.07) is 7.29. The van der Waals surface area contributed by atoms with Gasteiger partial charge in [-0.05, 0) is 18.1 Å². The van der Waals surface area contributed by atoms with E-state index < -0.39 is 10.6 Å². The zero-order chi connectivity index (χ0) is 13.8. The highest BCUT2D eigenvalue weighted by molar-refractivity contribution is 5.46. The highest BCUT2D eigenvalue weighted by Gasteiger charge is 2.09. The summed E-state index contributed by atoms with van der Waals surface area (Å²) in [6.45, 7) is 0.293. The first kappa shape index (κ1) is 12.7. The largest absolute Gasteiger partial charge is 0.399 e. The average molecular weight is 260 g/mol. The van der Waals surface area contributed by atoms with Gasteiger partial charge >= 0.3 is 11.4 Å². The third-order valence-corrected chi connectivity index (χ3v) is 2.73. The number of benzene rings is 1. The van der Waals surface area contributed by atoms with Gasteiger partial charge in [0.2, 0.25) is 0 Å². The van der Waals surface area contributed by atoms with Crippen molar-refractivity contribution in [1.82, 2.24) is 9.55 Å². The van der Waals surface area contributed by atoms with Crippen molar-refractivity contribution >= 4 is 11.4 Å². The van der Waals surface area contributed by atoms with Gasteiger partial charge in [0.05, 0.1) is 11.1 Å². The summed E-state index contributed by atoms with van der Waals surface area (Å²) in [7, 11) is 0. The first-order valence-electron chi connectivity index (χ1n) is 5.62. The second-order valence-electron chi connectivity index (χ2n) is 3.99. The van der Waals surface area contributed by atoms with Crippen molar-refractivity contribution in [3.05, 3.63) is 62.8 Å². The first-order chi connectivity index (χ1) is 9.08. The minimum absolute atomic E-state index is 0.208. The molecule has 2 N–H and O–H groups in total. The summed E-state index contributed by atoms with van der Waals surface area (Å²) in [4.78, 5) is 25.0. The van der Waals surface area contributed by atoms with E-state index in [2.05, 4.69) is 4.98 Å². The van der Waals surface area contributed by atoms with Crippen LogP contribution < -0.4 is 11.4 Å². The molecule has 0 bridgehead atoms. The molecule has 7 nitrogen and oxygen atoms in total. The van der Waals surface area contributed by atoms with E-state index in [1.54, 1.807) is 6.07 Å². The molecular formula is C12H12N4O3. The number of para-hydroxylation sites is 1. The van der Waals surface area contributed by atoms with Crippen LogP contribution in [0.15, 0.2) is 41.5 Å². The SMILES string of the molecule is Nc1ccccc1CCn1cc([N+](=O)[O-])cnc1=O. The van der Waals surface area contributed by atoms with Gasteiger partial charge in [-0.3, -0.25) is 14.7 Å². The molecule has 0 spiro atoms. The number of anilines is 1. The lowest BCUT2D eigenvalue weighted by Gasteiger charge is -2.06. The van der Waals surface area contributed by atoms with Crippen molar-refractivity contribution < 1.29 is 4.92 Å². The maximum atomic E-state index is 11.5. The van der Waals surface area contributed by atoms with Crippen LogP contribution >= 0.6 is 0 Å². The predicted molar refractivity (Wildman–Crippen MR) is 69.7 cm³/mol. The van der Waals surface area contributed by atoms with E-state index in [1.165, 1.54) is 10.8 Å². The standard InChI is InChI=1S/C12H12N4O3/c13-11-4-2-1-3-9(11)5-6-15-8-10(16(18)19)7-14-12(15)17/h1-4,7-8H,5-6,13H2. The van der Waals surface area contributed by atoms with Crippen LogP contribution in [0.5, 0.6) is 0 Å². The van der Waals surface area contributed by atoms with Crippen LogP contribution in [0.4, 0.5) is 11.4 Å². The summed E-state index contributed by atoms with van der Waals surface area (Å²) in [5, 5.41) is 10.6. The van der Waals surface area contributed by atoms with Crippen molar-refractivity contribution in [3.63, 3.8) is 0 Å². The zero-order valence-electron chi connectivity index (χ0n) is 10.0. The van der Waals surface area contributed by atoms with Gasteiger partial charge in [0.15, 0.2) is 0 Å². The molecule has 98 valence electrons. The van der Waals surface area contributed by atoms with Crippen molar-refractivity contribution in [2.75, 3.05) is 5.73 Å². The van der Waals surface area contributed by atoms with E-state index in [9.17, 15) is 14.9 Å². The normalized spacial score (nSPS) is 10.3. The Labute approximate surface area is 108 Å². The molecule has 2 rings (SSSR count). The molecule has 7 heteroatoms. The smallest absolute Gasteiger partial charge is 0.347 e. The molecule has 0 atom stereocenters. The summed E-state index contributed by atoms with van der Waals surface area (Å²) in [5.74, 6) is 0. The molecule has 1 aromatic heterocycles. The molecule has 0 unspecified atom stereocenters. The highest BCUT2D eigenvalue weighted by Crippen LogP contribution is 2.12. The van der Waals surface area contributed by atoms with Crippen LogP contribution in [0.2, 0.25) is 0 Å². The van der Waals surface area contributed by atoms with Gasteiger partial charge in [-0.2, -0.15) is 4.98 Å². The van der Waals surface area contributed by atoms with Gasteiger partial charge in [-0.1, -0.05) is 18.2 Å². The Hall–Kier alpha value is -2.70. The summed E-state index contributed by atoms with van der Waals surface area (Å²) in [5.41, 5.74) is 6.59. The zero-order valence-corrected chi connectivity index (χ0v) is 10.0. The van der Waals surface area contributed by atoms with Crippen LogP contribution in [-0.4, -0.2) is 14.5 Å². The van der Waals surface area contributed by atoms with Crippen molar-refractivity contribution in [1.29, 1.82) is 0 Å². The Morgan fingerprint density at radius 1 is 1.37 bits per heavy atom. The Morgan fingerprint density at radius 3 is 2.79 bits per heavy atom. The number of hydrogen-bond acceptors (Lipinski definition) is 5. The van der Waals surface area contributed by atoms with Gasteiger partial charge in [0, 0.05) is 12.2 Å². The second kappa shape index (κ2) is 5.30. The lowest BCUT2D eigenvalue weighted by atomic mass is 10.1. The number of hydrogen-bond donors (Lipinski definition) is 1. The topological polar surface area (TPSA) is 104 Å². The molecule has 0 aliphatic heterocycles. The van der Waals surface area contributed by atoms with Crippen LogP contribution in [-0.2, 0) is 13.0 Å². The third-order valence-electron chi connectivity index (χ3n) is 2.73. The predicted octanol–water partition coefficient (Wildman–Crippen LogP) is 0.976. The Morgan fingerprint density at radius 2 is 2.11 bits per heavy atom. The van der Waals surface area contributed by atoms with Crippen molar-refractivity contribution in [2.45, 2.75) is 13.0 Å². The van der Waals surface area contributed by atoms with E-state index in [0.29, 0.717) is 18.7 Å². The molecule has 2 aromatic rings. The third kappa shape index (κ3) is 2.95. The fraction of sp³-hybridized carbons (Fsp3) is 0.167. The van der Waals surface area contributed by atoms with E-state index >= 15 is 0 Å². The average Bonchev–Trinajstić information content (AvgIpc) is 2.39. The highest BCUT2D eigenvalue weighted by atomic mass is 16.6. The molecule has 1 heterocycles. The van der Waals surface area contributed by atoms with Crippen molar-refractivity contribution in [2.24, 2.45) is 0 Å². The number of nitrogen functional groups attached to an aromatic ring is 1. The summed E-state index contributed by atoms with van der Waals surface area (Å²) in [6.07, 6.45) is 2.65. The summed E-state index contributed by atoms with van der Waals surface area (Å²) < 4.78 is 1.21. The molecule has 0 fully saturated rings. The van der Waals surface area contributed by atoms with E-state index in [4.69, 9.17) is 5.73 Å². The van der Waals surface area contributed by atoms with Crippen LogP contribution in [0, 0.1) is 10.1 Å². The molecule has 19 heavy (non-hydrogen) atoms. The van der Waals surface area contributed by atoms with Gasteiger partial charge < -0.3 is 5.73 Å². The molecule has 0 aliphatic carbocycles. The molecule has 0 aliphatic rings. The van der Waals surface area contributed by atoms with Gasteiger partial charge in [0.1, 0.15) is 6.20 Å². The van der Waals surface area contributed by atoms with Crippen molar-refractivity contribution in [3.8, 4) is 0 Å². The Kier molecular flexibility index (Phi) is 3.56. The maximum Gasteiger partial charge on any atom is 0.347 e. The van der Waals surface area contributed by atoms with Gasteiger partial charge in [-0.15, -0.1) is 0 Å². The molecule has 0 amide bonds. The van der Waals surface area contributed by atoms with Gasteiger partial charge in [0.25, 0.3) is 0 Å². The minimum atomic E-state index is -0.584. The van der Waals surface area contributed by atoms with Crippen LogP contribution in [0.3, 0.4) is 0 Å². The Balaban J connectivity index is 2.20. The number of nitrogens with two attached hydrogens (primary N) is 1. The number of nitro groups is 1. The number of aromatic nitrogens is 2. The minimum Gasteiger partial charge on any atom is -0.399 e. The number of aryl methyl sites for hydroxylation is 2. The molecule has 0 radical (unpaired) electrons. The van der Waals surface area contributed by atoms with Crippen LogP contribution in [0.25, 0.3) is 0 Å². The van der Waals surface area contributed by atoms with Crippen LogP contribution in [0.1, 0.15) is 5.56 Å². The summed E-state index contributed by atoms with van der Waals surface area (Å²) >= 11 is 0. The Bertz CT molecular complexity index is 666. The number of rotatable bonds is 4. The quantitative estimate of drug-likeness (QED) is 0.501. The molecule has 0 saturated heterocycles. The van der Waals surface area contributed by atoms with Gasteiger partial charge in [-0.25, -0.2) is 4.79 Å². The molecule has 0 saturated carbocycles. The fourth-order valence-electron chi connectivity index (χ4n) is 1.70. The maximum absolute atomic E-state index is 11.5. The van der Waals surface area contributed by atoms with E-state index in [1.807, 2.05) is 18.2 Å². The van der Waals surface area contributed by atoms with E-state index in [-0.39, 0.29) is 5.69 Å². The first-order valence-corrected chi connectivity index (χ1v) is 5.62.